The fraction of sp³-hybridized carbons (Fsp3) is 1.00. The van der Waals surface area contributed by atoms with Gasteiger partial charge in [0.2, 0.25) is 0 Å². The van der Waals surface area contributed by atoms with Crippen molar-refractivity contribution in [3.63, 3.8) is 0 Å². The summed E-state index contributed by atoms with van der Waals surface area (Å²) >= 11 is 0. The summed E-state index contributed by atoms with van der Waals surface area (Å²) in [6.45, 7) is 16.5. The quantitative estimate of drug-likeness (QED) is 0.0431. The highest BCUT2D eigenvalue weighted by atomic mass is 35.5. The molecular formula is C49H102ClN. The van der Waals surface area contributed by atoms with E-state index in [1.807, 2.05) is 0 Å². The fourth-order valence-corrected chi connectivity index (χ4v) is 8.76. The van der Waals surface area contributed by atoms with Gasteiger partial charge in [0, 0.05) is 0 Å². The number of rotatable bonds is 44. The van der Waals surface area contributed by atoms with Crippen molar-refractivity contribution in [2.75, 3.05) is 19.6 Å². The average Bonchev–Trinajstić information content (AvgIpc) is 3.12. The van der Waals surface area contributed by atoms with Gasteiger partial charge in [-0.15, -0.1) is 0 Å². The van der Waals surface area contributed by atoms with Gasteiger partial charge in [-0.3, -0.25) is 0 Å². The van der Waals surface area contributed by atoms with Crippen LogP contribution < -0.4 is 12.4 Å². The molecule has 0 radical (unpaired) electrons. The van der Waals surface area contributed by atoms with Gasteiger partial charge in [0.25, 0.3) is 0 Å². The summed E-state index contributed by atoms with van der Waals surface area (Å²) in [5.41, 5.74) is 0. The molecule has 0 fully saturated rings. The second-order valence-electron chi connectivity index (χ2n) is 17.4. The second-order valence-corrected chi connectivity index (χ2v) is 17.4. The van der Waals surface area contributed by atoms with Crippen LogP contribution in [0.1, 0.15) is 291 Å². The average molecular weight is 741 g/mol. The summed E-state index contributed by atoms with van der Waals surface area (Å²) in [6, 6.07) is 0.857. The predicted molar refractivity (Wildman–Crippen MR) is 232 cm³/mol. The van der Waals surface area contributed by atoms with Crippen LogP contribution in [0.5, 0.6) is 0 Å². The van der Waals surface area contributed by atoms with Crippen molar-refractivity contribution in [1.82, 2.24) is 0 Å². The molecule has 0 aromatic carbocycles. The van der Waals surface area contributed by atoms with Crippen molar-refractivity contribution in [3.8, 4) is 0 Å². The van der Waals surface area contributed by atoms with Gasteiger partial charge in [-0.2, -0.15) is 0 Å². The van der Waals surface area contributed by atoms with E-state index in [0.29, 0.717) is 0 Å². The van der Waals surface area contributed by atoms with E-state index in [1.165, 1.54) is 281 Å². The molecule has 1 nitrogen and oxygen atoms in total. The largest absolute Gasteiger partial charge is 1.00 e. The Hall–Kier alpha value is 0.250. The highest BCUT2D eigenvalue weighted by Gasteiger charge is 2.32. The first kappa shape index (κ1) is 53.4. The third kappa shape index (κ3) is 37.0. The lowest BCUT2D eigenvalue weighted by Crippen LogP contribution is -3.00. The van der Waals surface area contributed by atoms with E-state index < -0.39 is 0 Å². The molecule has 1 atom stereocenters. The normalized spacial score (nSPS) is 12.4. The number of hydrogen-bond acceptors (Lipinski definition) is 0. The van der Waals surface area contributed by atoms with Gasteiger partial charge in [-0.05, 0) is 58.3 Å². The Labute approximate surface area is 332 Å². The molecule has 0 bridgehead atoms. The lowest BCUT2D eigenvalue weighted by molar-refractivity contribution is -0.950. The molecule has 0 rings (SSSR count). The molecule has 0 aliphatic carbocycles. The Morgan fingerprint density at radius 2 is 0.431 bits per heavy atom. The van der Waals surface area contributed by atoms with Crippen LogP contribution in [-0.2, 0) is 0 Å². The molecule has 0 aromatic rings. The maximum absolute atomic E-state index is 2.70. The minimum absolute atomic E-state index is 0. The molecule has 0 saturated carbocycles. The van der Waals surface area contributed by atoms with Gasteiger partial charge in [-0.1, -0.05) is 233 Å². The monoisotopic (exact) mass is 740 g/mol. The van der Waals surface area contributed by atoms with Crippen molar-refractivity contribution in [2.45, 2.75) is 297 Å². The Morgan fingerprint density at radius 1 is 0.255 bits per heavy atom. The zero-order valence-corrected chi connectivity index (χ0v) is 37.6. The van der Waals surface area contributed by atoms with Crippen molar-refractivity contribution in [1.29, 1.82) is 0 Å². The first-order valence-electron chi connectivity index (χ1n) is 24.5. The Balaban J connectivity index is 0. The molecular weight excluding hydrogens is 638 g/mol. The summed E-state index contributed by atoms with van der Waals surface area (Å²) in [4.78, 5) is 0. The predicted octanol–water partition coefficient (Wildman–Crippen LogP) is 14.9. The van der Waals surface area contributed by atoms with Crippen LogP contribution >= 0.6 is 0 Å². The number of unbranched alkanes of at least 4 members (excludes halogenated alkanes) is 35. The van der Waals surface area contributed by atoms with Gasteiger partial charge in [0.05, 0.1) is 25.7 Å². The number of hydrogen-bond donors (Lipinski definition) is 0. The maximum Gasteiger partial charge on any atom is 0.0861 e. The van der Waals surface area contributed by atoms with Crippen molar-refractivity contribution in [3.05, 3.63) is 0 Å². The molecule has 0 aliphatic rings. The molecule has 0 N–H and O–H groups in total. The van der Waals surface area contributed by atoms with E-state index >= 15 is 0 Å². The Bertz CT molecular complexity index is 545. The minimum Gasteiger partial charge on any atom is -1.00 e. The van der Waals surface area contributed by atoms with Crippen LogP contribution in [0.25, 0.3) is 0 Å². The molecule has 0 amide bonds. The molecule has 51 heavy (non-hydrogen) atoms. The number of nitrogens with zero attached hydrogens (tertiary/aromatic N) is 1. The van der Waals surface area contributed by atoms with Crippen LogP contribution in [-0.4, -0.2) is 30.2 Å². The molecule has 310 valence electrons. The number of quaternary nitrogens is 1. The van der Waals surface area contributed by atoms with E-state index in [2.05, 4.69) is 34.6 Å². The fourth-order valence-electron chi connectivity index (χ4n) is 8.76. The molecule has 2 heteroatoms. The Morgan fingerprint density at radius 3 is 0.647 bits per heavy atom. The Kier molecular flexibility index (Phi) is 46.7. The SMILES string of the molecule is CCCCCCCCCCCC[N+](CCCCCCCCCCCC)(CCCCCCCCCCCC)C(C)CCCCCCCCCCC.[Cl-]. The first-order chi connectivity index (χ1) is 24.7. The first-order valence-corrected chi connectivity index (χ1v) is 24.5. The zero-order chi connectivity index (χ0) is 36.5. The highest BCUT2D eigenvalue weighted by molar-refractivity contribution is 4.61. The van der Waals surface area contributed by atoms with Crippen molar-refractivity contribution >= 4 is 0 Å². The van der Waals surface area contributed by atoms with Gasteiger partial charge < -0.3 is 16.9 Å². The van der Waals surface area contributed by atoms with Crippen LogP contribution in [0.4, 0.5) is 0 Å². The third-order valence-electron chi connectivity index (χ3n) is 12.5. The van der Waals surface area contributed by atoms with Crippen LogP contribution in [0.15, 0.2) is 0 Å². The lowest BCUT2D eigenvalue weighted by atomic mass is 9.99. The van der Waals surface area contributed by atoms with E-state index in [4.69, 9.17) is 0 Å². The molecule has 0 saturated heterocycles. The molecule has 0 aromatic heterocycles. The zero-order valence-electron chi connectivity index (χ0n) is 36.8. The van der Waals surface area contributed by atoms with Crippen LogP contribution in [0.2, 0.25) is 0 Å². The summed E-state index contributed by atoms with van der Waals surface area (Å²) < 4.78 is 1.47. The van der Waals surface area contributed by atoms with Crippen LogP contribution in [0.3, 0.4) is 0 Å². The van der Waals surface area contributed by atoms with Gasteiger partial charge >= 0.3 is 0 Å². The highest BCUT2D eigenvalue weighted by Crippen LogP contribution is 2.26. The molecule has 1 unspecified atom stereocenters. The summed E-state index contributed by atoms with van der Waals surface area (Å²) in [5.74, 6) is 0. The minimum atomic E-state index is 0. The topological polar surface area (TPSA) is 0 Å². The maximum atomic E-state index is 2.70. The summed E-state index contributed by atoms with van der Waals surface area (Å²) in [7, 11) is 0. The van der Waals surface area contributed by atoms with E-state index in [-0.39, 0.29) is 12.4 Å². The van der Waals surface area contributed by atoms with Crippen LogP contribution in [0, 0.1) is 0 Å². The van der Waals surface area contributed by atoms with Gasteiger partial charge in [0.1, 0.15) is 0 Å². The molecule has 0 spiro atoms. The summed E-state index contributed by atoms with van der Waals surface area (Å²) in [6.07, 6.45) is 58.5. The van der Waals surface area contributed by atoms with Crippen molar-refractivity contribution in [2.24, 2.45) is 0 Å². The standard InChI is InChI=1S/C49H102N.ClH/c1-6-10-14-18-22-26-30-34-38-42-46-50(47-43-39-35-31-27-23-19-15-11-7-2,48-44-40-36-32-28-24-20-16-12-8-3)49(5)45-41-37-33-29-25-21-17-13-9-4;/h49H,6-48H2,1-5H3;1H/q+1;/p-1. The summed E-state index contributed by atoms with van der Waals surface area (Å²) in [5, 5.41) is 0. The third-order valence-corrected chi connectivity index (χ3v) is 12.5. The molecule has 0 aliphatic heterocycles. The second kappa shape index (κ2) is 44.6. The smallest absolute Gasteiger partial charge is 0.0861 e. The van der Waals surface area contributed by atoms with Crippen molar-refractivity contribution < 1.29 is 16.9 Å². The van der Waals surface area contributed by atoms with E-state index in [9.17, 15) is 0 Å². The van der Waals surface area contributed by atoms with E-state index in [0.717, 1.165) is 6.04 Å². The van der Waals surface area contributed by atoms with E-state index in [1.54, 1.807) is 0 Å². The van der Waals surface area contributed by atoms with Gasteiger partial charge in [-0.25, -0.2) is 0 Å². The molecule has 0 heterocycles. The van der Waals surface area contributed by atoms with Gasteiger partial charge in [0.15, 0.2) is 0 Å². The lowest BCUT2D eigenvalue weighted by Gasteiger charge is -2.45. The number of halogens is 1.